The highest BCUT2D eigenvalue weighted by Gasteiger charge is 2.10. The minimum atomic E-state index is -1.54. The number of benzene rings is 2. The minimum Gasteiger partial charge on any atom is -0.375 e. The molecule has 2 aromatic carbocycles. The molecule has 1 N–H and O–H groups in total. The average molecular weight is 377 g/mol. The molecule has 0 amide bonds. The molecule has 0 spiro atoms. The van der Waals surface area contributed by atoms with Crippen LogP contribution in [0.25, 0.3) is 6.08 Å². The Labute approximate surface area is 162 Å². The van der Waals surface area contributed by atoms with Crippen molar-refractivity contribution in [3.05, 3.63) is 71.8 Å². The van der Waals surface area contributed by atoms with Crippen molar-refractivity contribution >= 4 is 25.9 Å². The zero-order valence-corrected chi connectivity index (χ0v) is 17.3. The summed E-state index contributed by atoms with van der Waals surface area (Å²) in [5, 5.41) is 10.5. The fourth-order valence-electron chi connectivity index (χ4n) is 2.05. The predicted molar refractivity (Wildman–Crippen MR) is 116 cm³/mol. The van der Waals surface area contributed by atoms with E-state index in [2.05, 4.69) is 55.1 Å². The highest BCUT2D eigenvalue weighted by molar-refractivity contribution is 7.99. The van der Waals surface area contributed by atoms with Gasteiger partial charge in [0.25, 0.3) is 0 Å². The Morgan fingerprint density at radius 3 is 2.27 bits per heavy atom. The van der Waals surface area contributed by atoms with Crippen LogP contribution in [0.5, 0.6) is 0 Å². The molecule has 1 nitrogen and oxygen atoms in total. The van der Waals surface area contributed by atoms with Gasteiger partial charge in [-0.2, -0.15) is 0 Å². The second-order valence-corrected chi connectivity index (χ2v) is 12.6. The van der Waals surface area contributed by atoms with E-state index in [1.165, 1.54) is 4.90 Å². The molecule has 132 valence electrons. The van der Waals surface area contributed by atoms with Gasteiger partial charge in [0.1, 0.15) is 14.2 Å². The Balaban J connectivity index is 2.17. The molecule has 0 aliphatic carbocycles. The first-order valence-corrected chi connectivity index (χ1v) is 13.1. The number of rotatable bonds is 4. The predicted octanol–water partition coefficient (Wildman–Crippen LogP) is 5.11. The van der Waals surface area contributed by atoms with Gasteiger partial charge in [-0.3, -0.25) is 0 Å². The lowest BCUT2D eigenvalue weighted by molar-refractivity contribution is 0.274. The summed E-state index contributed by atoms with van der Waals surface area (Å²) in [6.07, 6.45) is 1.07. The number of aliphatic hydroxyl groups is 1. The van der Waals surface area contributed by atoms with Crippen molar-refractivity contribution in [1.29, 1.82) is 0 Å². The van der Waals surface area contributed by atoms with E-state index in [-0.39, 0.29) is 0 Å². The summed E-state index contributed by atoms with van der Waals surface area (Å²) in [5.41, 5.74) is 4.89. The second kappa shape index (κ2) is 10.1. The summed E-state index contributed by atoms with van der Waals surface area (Å²) in [6.45, 7) is 6.49. The lowest BCUT2D eigenvalue weighted by Crippen LogP contribution is -2.18. The molecule has 1 unspecified atom stereocenters. The summed E-state index contributed by atoms with van der Waals surface area (Å²) in [5.74, 6) is 9.95. The molecule has 0 bridgehead atoms. The van der Waals surface area contributed by atoms with Crippen LogP contribution in [0, 0.1) is 23.3 Å². The Morgan fingerprint density at radius 1 is 1.04 bits per heavy atom. The van der Waals surface area contributed by atoms with Crippen LogP contribution < -0.4 is 0 Å². The zero-order valence-electron chi connectivity index (χ0n) is 15.5. The van der Waals surface area contributed by atoms with Crippen molar-refractivity contribution in [2.24, 2.45) is 0 Å². The molecule has 3 heteroatoms. The summed E-state index contributed by atoms with van der Waals surface area (Å²) in [4.78, 5) is 1.19. The summed E-state index contributed by atoms with van der Waals surface area (Å²) >= 11 is 1.69. The molecule has 0 saturated carbocycles. The van der Waals surface area contributed by atoms with Gasteiger partial charge in [-0.05, 0) is 23.8 Å². The van der Waals surface area contributed by atoms with Crippen LogP contribution in [0.1, 0.15) is 5.56 Å². The van der Waals surface area contributed by atoms with Crippen LogP contribution >= 0.6 is 11.8 Å². The number of hydrogen-bond donors (Lipinski definition) is 1. The number of thioether (sulfide) groups is 1. The Bertz CT molecular complexity index is 844. The van der Waals surface area contributed by atoms with Gasteiger partial charge in [0.05, 0.1) is 5.75 Å². The van der Waals surface area contributed by atoms with Crippen molar-refractivity contribution < 1.29 is 5.11 Å². The average Bonchev–Trinajstić information content (AvgIpc) is 2.63. The molecule has 0 fully saturated rings. The van der Waals surface area contributed by atoms with Crippen LogP contribution in [0.2, 0.25) is 19.6 Å². The lowest BCUT2D eigenvalue weighted by atomic mass is 10.1. The molecule has 0 aliphatic rings. The maximum atomic E-state index is 10.5. The van der Waals surface area contributed by atoms with Gasteiger partial charge >= 0.3 is 0 Å². The zero-order chi connectivity index (χ0) is 18.8. The normalized spacial score (nSPS) is 12.4. The van der Waals surface area contributed by atoms with Gasteiger partial charge in [0, 0.05) is 10.5 Å². The Morgan fingerprint density at radius 2 is 1.65 bits per heavy atom. The maximum Gasteiger partial charge on any atom is 0.147 e. The van der Waals surface area contributed by atoms with E-state index in [9.17, 15) is 5.11 Å². The molecular formula is C23H24OSSi. The maximum absolute atomic E-state index is 10.5. The molecule has 0 radical (unpaired) electrons. The van der Waals surface area contributed by atoms with Crippen LogP contribution in [0.4, 0.5) is 0 Å². The van der Waals surface area contributed by atoms with E-state index in [4.69, 9.17) is 0 Å². The third-order valence-corrected chi connectivity index (χ3v) is 5.08. The standard InChI is InChI=1S/C23H24OSSi/c1-26(2,3)18-16-23(24)21(19-20-11-6-4-7-12-20)13-10-17-25-22-14-8-5-9-15-22/h4-9,11-12,14-15,19,23-24H,17H2,1-3H3/b21-19+. The van der Waals surface area contributed by atoms with Crippen molar-refractivity contribution in [2.45, 2.75) is 30.6 Å². The highest BCUT2D eigenvalue weighted by Crippen LogP contribution is 2.16. The first-order chi connectivity index (χ1) is 12.4. The number of hydrogen-bond acceptors (Lipinski definition) is 2. The van der Waals surface area contributed by atoms with E-state index in [1.54, 1.807) is 11.8 Å². The Hall–Kier alpha value is -2.17. The minimum absolute atomic E-state index is 0.649. The smallest absolute Gasteiger partial charge is 0.147 e. The van der Waals surface area contributed by atoms with Crippen molar-refractivity contribution in [3.8, 4) is 23.3 Å². The molecule has 2 aromatic rings. The molecule has 0 heterocycles. The first-order valence-electron chi connectivity index (χ1n) is 8.58. The van der Waals surface area contributed by atoms with E-state index < -0.39 is 14.2 Å². The Kier molecular flexibility index (Phi) is 7.82. The third kappa shape index (κ3) is 7.81. The molecule has 0 aromatic heterocycles. The van der Waals surface area contributed by atoms with E-state index in [0.717, 1.165) is 5.56 Å². The molecule has 0 saturated heterocycles. The largest absolute Gasteiger partial charge is 0.375 e. The van der Waals surface area contributed by atoms with Gasteiger partial charge in [0.2, 0.25) is 0 Å². The van der Waals surface area contributed by atoms with Gasteiger partial charge in [-0.1, -0.05) is 85.9 Å². The SMILES string of the molecule is C[Si](C)(C)C#CC(O)/C(C#CCSc1ccccc1)=C/c1ccccc1. The molecule has 2 rings (SSSR count). The quantitative estimate of drug-likeness (QED) is 0.455. The highest BCUT2D eigenvalue weighted by atomic mass is 32.2. The fraction of sp³-hybridized carbons (Fsp3) is 0.217. The lowest BCUT2D eigenvalue weighted by Gasteiger charge is -2.07. The molecular weight excluding hydrogens is 352 g/mol. The van der Waals surface area contributed by atoms with E-state index in [0.29, 0.717) is 11.3 Å². The van der Waals surface area contributed by atoms with Crippen LogP contribution in [0.15, 0.2) is 71.1 Å². The molecule has 26 heavy (non-hydrogen) atoms. The van der Waals surface area contributed by atoms with E-state index >= 15 is 0 Å². The first kappa shape index (κ1) is 20.1. The molecule has 0 aliphatic heterocycles. The van der Waals surface area contributed by atoms with E-state index in [1.807, 2.05) is 54.6 Å². The monoisotopic (exact) mass is 376 g/mol. The van der Waals surface area contributed by atoms with Gasteiger partial charge in [-0.25, -0.2) is 0 Å². The second-order valence-electron chi connectivity index (χ2n) is 6.84. The summed E-state index contributed by atoms with van der Waals surface area (Å²) in [7, 11) is -1.54. The fourth-order valence-corrected chi connectivity index (χ4v) is 3.28. The molecule has 1 atom stereocenters. The van der Waals surface area contributed by atoms with Gasteiger partial charge in [-0.15, -0.1) is 17.3 Å². The number of aliphatic hydroxyl groups excluding tert-OH is 1. The van der Waals surface area contributed by atoms with Crippen LogP contribution in [-0.2, 0) is 0 Å². The van der Waals surface area contributed by atoms with Gasteiger partial charge < -0.3 is 5.11 Å². The van der Waals surface area contributed by atoms with Crippen molar-refractivity contribution in [3.63, 3.8) is 0 Å². The van der Waals surface area contributed by atoms with Crippen LogP contribution in [-0.4, -0.2) is 25.0 Å². The van der Waals surface area contributed by atoms with Crippen molar-refractivity contribution in [1.82, 2.24) is 0 Å². The summed E-state index contributed by atoms with van der Waals surface area (Å²) < 4.78 is 0. The van der Waals surface area contributed by atoms with Crippen molar-refractivity contribution in [2.75, 3.05) is 5.75 Å². The third-order valence-electron chi connectivity index (χ3n) is 3.29. The summed E-state index contributed by atoms with van der Waals surface area (Å²) in [6, 6.07) is 20.1. The van der Waals surface area contributed by atoms with Gasteiger partial charge in [0.15, 0.2) is 0 Å². The van der Waals surface area contributed by atoms with Crippen LogP contribution in [0.3, 0.4) is 0 Å². The topological polar surface area (TPSA) is 20.2 Å².